The SMILES string of the molecule is CC(C)(C)C(=O)ON1CCC(c2c[nH]c3cccnc23)CC1. The Labute approximate surface area is 130 Å². The van der Waals surface area contributed by atoms with Gasteiger partial charge in [0, 0.05) is 25.5 Å². The highest BCUT2D eigenvalue weighted by Gasteiger charge is 2.29. The van der Waals surface area contributed by atoms with Crippen molar-refractivity contribution in [1.82, 2.24) is 15.0 Å². The number of rotatable bonds is 2. The highest BCUT2D eigenvalue weighted by atomic mass is 16.7. The van der Waals surface area contributed by atoms with E-state index in [0.29, 0.717) is 5.92 Å². The van der Waals surface area contributed by atoms with Crippen LogP contribution in [0.15, 0.2) is 24.5 Å². The Kier molecular flexibility index (Phi) is 3.91. The summed E-state index contributed by atoms with van der Waals surface area (Å²) in [5.74, 6) is 0.299. The first-order valence-corrected chi connectivity index (χ1v) is 7.84. The number of hydrogen-bond donors (Lipinski definition) is 1. The van der Waals surface area contributed by atoms with E-state index in [2.05, 4.69) is 16.2 Å². The van der Waals surface area contributed by atoms with Gasteiger partial charge < -0.3 is 9.82 Å². The maximum absolute atomic E-state index is 11.9. The zero-order valence-electron chi connectivity index (χ0n) is 13.4. The predicted octanol–water partition coefficient (Wildman–Crippen LogP) is 3.25. The maximum atomic E-state index is 11.9. The lowest BCUT2D eigenvalue weighted by atomic mass is 9.91. The van der Waals surface area contributed by atoms with Crippen LogP contribution in [0.25, 0.3) is 11.0 Å². The second kappa shape index (κ2) is 5.72. The van der Waals surface area contributed by atoms with Gasteiger partial charge in [-0.1, -0.05) is 0 Å². The Balaban J connectivity index is 1.64. The van der Waals surface area contributed by atoms with Crippen molar-refractivity contribution in [3.8, 4) is 0 Å². The summed E-state index contributed by atoms with van der Waals surface area (Å²) in [6.07, 6.45) is 5.85. The number of aromatic amines is 1. The summed E-state index contributed by atoms with van der Waals surface area (Å²) in [5, 5.41) is 1.80. The molecule has 5 nitrogen and oxygen atoms in total. The normalized spacial score (nSPS) is 17.8. The molecule has 0 radical (unpaired) electrons. The van der Waals surface area contributed by atoms with Gasteiger partial charge in [0.05, 0.1) is 16.4 Å². The van der Waals surface area contributed by atoms with Gasteiger partial charge >= 0.3 is 5.97 Å². The molecule has 0 aliphatic carbocycles. The molecule has 3 heterocycles. The Hall–Kier alpha value is -1.88. The first-order chi connectivity index (χ1) is 10.4. The molecular weight excluding hydrogens is 278 g/mol. The highest BCUT2D eigenvalue weighted by molar-refractivity contribution is 5.79. The second-order valence-corrected chi connectivity index (χ2v) is 6.98. The van der Waals surface area contributed by atoms with Crippen LogP contribution in [0.5, 0.6) is 0 Å². The van der Waals surface area contributed by atoms with Crippen molar-refractivity contribution in [2.24, 2.45) is 5.41 Å². The van der Waals surface area contributed by atoms with Crippen LogP contribution in [0.1, 0.15) is 45.1 Å². The molecule has 1 fully saturated rings. The third kappa shape index (κ3) is 2.99. The fraction of sp³-hybridized carbons (Fsp3) is 0.529. The Morgan fingerprint density at radius 2 is 2.09 bits per heavy atom. The maximum Gasteiger partial charge on any atom is 0.330 e. The average Bonchev–Trinajstić information content (AvgIpc) is 2.91. The molecule has 0 spiro atoms. The monoisotopic (exact) mass is 301 g/mol. The van der Waals surface area contributed by atoms with Crippen LogP contribution in [0.2, 0.25) is 0 Å². The summed E-state index contributed by atoms with van der Waals surface area (Å²) in [6.45, 7) is 7.16. The van der Waals surface area contributed by atoms with Crippen molar-refractivity contribution in [3.05, 3.63) is 30.1 Å². The van der Waals surface area contributed by atoms with E-state index in [0.717, 1.165) is 37.0 Å². The molecule has 22 heavy (non-hydrogen) atoms. The first kappa shape index (κ1) is 15.0. The summed E-state index contributed by atoms with van der Waals surface area (Å²) < 4.78 is 0. The van der Waals surface area contributed by atoms with Crippen LogP contribution in [0.4, 0.5) is 0 Å². The molecule has 0 bridgehead atoms. The molecule has 0 saturated carbocycles. The standard InChI is InChI=1S/C17H23N3O2/c1-17(2,3)16(21)22-20-9-6-12(7-10-20)13-11-19-14-5-4-8-18-15(13)14/h4-5,8,11-12,19H,6-7,9-10H2,1-3H3. The van der Waals surface area contributed by atoms with E-state index < -0.39 is 5.41 Å². The molecule has 5 heteroatoms. The van der Waals surface area contributed by atoms with E-state index in [1.807, 2.05) is 39.1 Å². The van der Waals surface area contributed by atoms with E-state index in [9.17, 15) is 4.79 Å². The molecule has 118 valence electrons. The molecule has 3 rings (SSSR count). The summed E-state index contributed by atoms with van der Waals surface area (Å²) in [5.41, 5.74) is 2.96. The van der Waals surface area contributed by atoms with Crippen molar-refractivity contribution >= 4 is 17.0 Å². The van der Waals surface area contributed by atoms with E-state index >= 15 is 0 Å². The molecule has 1 N–H and O–H groups in total. The van der Waals surface area contributed by atoms with E-state index in [1.54, 1.807) is 5.06 Å². The minimum absolute atomic E-state index is 0.167. The number of carbonyl (C=O) groups excluding carboxylic acids is 1. The molecule has 0 atom stereocenters. The third-order valence-corrected chi connectivity index (χ3v) is 4.18. The molecule has 2 aromatic rings. The number of nitrogens with zero attached hydrogens (tertiary/aromatic N) is 2. The topological polar surface area (TPSA) is 58.2 Å². The first-order valence-electron chi connectivity index (χ1n) is 7.84. The van der Waals surface area contributed by atoms with Gasteiger partial charge in [-0.2, -0.15) is 0 Å². The number of fused-ring (bicyclic) bond motifs is 1. The molecule has 0 aromatic carbocycles. The molecule has 1 aliphatic heterocycles. The lowest BCUT2D eigenvalue weighted by molar-refractivity contribution is -0.204. The third-order valence-electron chi connectivity index (χ3n) is 4.18. The van der Waals surface area contributed by atoms with Crippen molar-refractivity contribution in [3.63, 3.8) is 0 Å². The Morgan fingerprint density at radius 3 is 2.77 bits per heavy atom. The number of pyridine rings is 1. The van der Waals surface area contributed by atoms with Crippen LogP contribution in [0.3, 0.4) is 0 Å². The van der Waals surface area contributed by atoms with Gasteiger partial charge in [-0.15, -0.1) is 5.06 Å². The number of H-pyrrole nitrogens is 1. The quantitative estimate of drug-likeness (QED) is 0.925. The molecular formula is C17H23N3O2. The van der Waals surface area contributed by atoms with E-state index in [4.69, 9.17) is 4.84 Å². The van der Waals surface area contributed by atoms with Crippen molar-refractivity contribution in [1.29, 1.82) is 0 Å². The van der Waals surface area contributed by atoms with Gasteiger partial charge in [0.2, 0.25) is 0 Å². The van der Waals surface area contributed by atoms with Crippen molar-refractivity contribution < 1.29 is 9.63 Å². The zero-order chi connectivity index (χ0) is 15.7. The highest BCUT2D eigenvalue weighted by Crippen LogP contribution is 2.32. The van der Waals surface area contributed by atoms with Crippen LogP contribution < -0.4 is 0 Å². The molecule has 1 saturated heterocycles. The van der Waals surface area contributed by atoms with Crippen LogP contribution in [-0.4, -0.2) is 34.1 Å². The van der Waals surface area contributed by atoms with Crippen LogP contribution >= 0.6 is 0 Å². The van der Waals surface area contributed by atoms with Crippen LogP contribution in [-0.2, 0) is 9.63 Å². The predicted molar refractivity (Wildman–Crippen MR) is 85.2 cm³/mol. The summed E-state index contributed by atoms with van der Waals surface area (Å²) in [7, 11) is 0. The van der Waals surface area contributed by atoms with E-state index in [-0.39, 0.29) is 5.97 Å². The fourth-order valence-electron chi connectivity index (χ4n) is 2.80. The molecule has 0 unspecified atom stereocenters. The van der Waals surface area contributed by atoms with Gasteiger partial charge in [0.1, 0.15) is 0 Å². The molecule has 1 aliphatic rings. The van der Waals surface area contributed by atoms with Crippen LogP contribution in [0, 0.1) is 5.41 Å². The average molecular weight is 301 g/mol. The second-order valence-electron chi connectivity index (χ2n) is 6.98. The van der Waals surface area contributed by atoms with Gasteiger partial charge in [-0.3, -0.25) is 4.98 Å². The number of hydrogen-bond acceptors (Lipinski definition) is 4. The Morgan fingerprint density at radius 1 is 1.36 bits per heavy atom. The van der Waals surface area contributed by atoms with Gasteiger partial charge in [0.15, 0.2) is 0 Å². The molecule has 2 aromatic heterocycles. The number of nitrogens with one attached hydrogen (secondary N) is 1. The number of aromatic nitrogens is 2. The number of carbonyl (C=O) groups is 1. The van der Waals surface area contributed by atoms with Crippen molar-refractivity contribution in [2.75, 3.05) is 13.1 Å². The lowest BCUT2D eigenvalue weighted by Crippen LogP contribution is -2.38. The van der Waals surface area contributed by atoms with E-state index in [1.165, 1.54) is 5.56 Å². The minimum Gasteiger partial charge on any atom is -0.367 e. The summed E-state index contributed by atoms with van der Waals surface area (Å²) >= 11 is 0. The smallest absolute Gasteiger partial charge is 0.330 e. The number of piperidine rings is 1. The zero-order valence-corrected chi connectivity index (χ0v) is 13.4. The number of hydroxylamine groups is 2. The molecule has 0 amide bonds. The lowest BCUT2D eigenvalue weighted by Gasteiger charge is -2.32. The van der Waals surface area contributed by atoms with Gasteiger partial charge in [-0.05, 0) is 57.2 Å². The fourth-order valence-corrected chi connectivity index (χ4v) is 2.80. The van der Waals surface area contributed by atoms with Crippen molar-refractivity contribution in [2.45, 2.75) is 39.5 Å². The summed E-state index contributed by atoms with van der Waals surface area (Å²) in [6, 6.07) is 3.99. The largest absolute Gasteiger partial charge is 0.367 e. The Bertz CT molecular complexity index is 664. The van der Waals surface area contributed by atoms with Gasteiger partial charge in [-0.25, -0.2) is 4.79 Å². The minimum atomic E-state index is -0.461. The van der Waals surface area contributed by atoms with Gasteiger partial charge in [0.25, 0.3) is 0 Å². The summed E-state index contributed by atoms with van der Waals surface area (Å²) in [4.78, 5) is 25.2.